The van der Waals surface area contributed by atoms with Crippen molar-refractivity contribution < 1.29 is 5.11 Å². The summed E-state index contributed by atoms with van der Waals surface area (Å²) in [6, 6.07) is 6.03. The molecule has 0 unspecified atom stereocenters. The molecule has 0 aromatic carbocycles. The number of unbranched alkanes of at least 4 members (excludes halogenated alkanes) is 3. The van der Waals surface area contributed by atoms with Gasteiger partial charge in [0.15, 0.2) is 0 Å². The molecule has 0 fully saturated rings. The van der Waals surface area contributed by atoms with E-state index in [0.29, 0.717) is 6.61 Å². The van der Waals surface area contributed by atoms with Crippen molar-refractivity contribution in [2.45, 2.75) is 32.1 Å². The van der Waals surface area contributed by atoms with Crippen LogP contribution in [-0.4, -0.2) is 16.7 Å². The van der Waals surface area contributed by atoms with Gasteiger partial charge in [-0.1, -0.05) is 18.9 Å². The first-order chi connectivity index (χ1) is 6.43. The molecule has 0 aliphatic heterocycles. The van der Waals surface area contributed by atoms with Crippen LogP contribution in [0.15, 0.2) is 24.4 Å². The predicted molar refractivity (Wildman–Crippen MR) is 53.5 cm³/mol. The molecule has 0 bridgehead atoms. The fourth-order valence-corrected chi connectivity index (χ4v) is 1.32. The van der Waals surface area contributed by atoms with Gasteiger partial charge in [-0.25, -0.2) is 0 Å². The molecule has 72 valence electrons. The Hall–Kier alpha value is -0.890. The lowest BCUT2D eigenvalue weighted by Crippen LogP contribution is -1.89. The third-order valence-corrected chi connectivity index (χ3v) is 2.07. The summed E-state index contributed by atoms with van der Waals surface area (Å²) in [5.41, 5.74) is 1.17. The van der Waals surface area contributed by atoms with Crippen LogP contribution in [0, 0.1) is 0 Å². The Morgan fingerprint density at radius 3 is 2.62 bits per heavy atom. The third-order valence-electron chi connectivity index (χ3n) is 2.07. The summed E-state index contributed by atoms with van der Waals surface area (Å²) in [5.74, 6) is 0. The molecule has 0 aliphatic carbocycles. The molecule has 2 nitrogen and oxygen atoms in total. The molecule has 0 saturated carbocycles. The lowest BCUT2D eigenvalue weighted by atomic mass is 10.1. The second-order valence-electron chi connectivity index (χ2n) is 3.21. The van der Waals surface area contributed by atoms with Crippen molar-refractivity contribution in [3.8, 4) is 0 Å². The Labute approximate surface area is 79.6 Å². The molecule has 0 atom stereocenters. The smallest absolute Gasteiger partial charge is 0.0431 e. The largest absolute Gasteiger partial charge is 0.396 e. The van der Waals surface area contributed by atoms with Gasteiger partial charge >= 0.3 is 0 Å². The van der Waals surface area contributed by atoms with Gasteiger partial charge in [0.05, 0.1) is 0 Å². The van der Waals surface area contributed by atoms with E-state index in [1.807, 2.05) is 18.3 Å². The van der Waals surface area contributed by atoms with Gasteiger partial charge in [0.1, 0.15) is 0 Å². The van der Waals surface area contributed by atoms with Crippen molar-refractivity contribution in [3.63, 3.8) is 0 Å². The Kier molecular flexibility index (Phi) is 5.18. The average Bonchev–Trinajstić information content (AvgIpc) is 2.19. The minimum absolute atomic E-state index is 0.323. The van der Waals surface area contributed by atoms with Gasteiger partial charge in [-0.3, -0.25) is 4.98 Å². The monoisotopic (exact) mass is 179 g/mol. The first kappa shape index (κ1) is 10.2. The number of aliphatic hydroxyl groups excluding tert-OH is 1. The summed E-state index contributed by atoms with van der Waals surface area (Å²) in [7, 11) is 0. The highest BCUT2D eigenvalue weighted by Gasteiger charge is 1.93. The van der Waals surface area contributed by atoms with E-state index in [0.717, 1.165) is 19.3 Å². The number of hydrogen-bond acceptors (Lipinski definition) is 2. The molecule has 0 spiro atoms. The van der Waals surface area contributed by atoms with Crippen LogP contribution < -0.4 is 0 Å². The second-order valence-corrected chi connectivity index (χ2v) is 3.21. The molecule has 1 heterocycles. The Balaban J connectivity index is 2.07. The zero-order valence-corrected chi connectivity index (χ0v) is 7.95. The van der Waals surface area contributed by atoms with E-state index < -0.39 is 0 Å². The molecule has 13 heavy (non-hydrogen) atoms. The van der Waals surface area contributed by atoms with Gasteiger partial charge < -0.3 is 5.11 Å². The number of hydrogen-bond donors (Lipinski definition) is 1. The SMILES string of the molecule is OCCCCCCc1ccccn1. The van der Waals surface area contributed by atoms with Crippen LogP contribution in [0.5, 0.6) is 0 Å². The Bertz CT molecular complexity index is 211. The zero-order chi connectivity index (χ0) is 9.36. The lowest BCUT2D eigenvalue weighted by Gasteiger charge is -1.99. The number of aliphatic hydroxyl groups is 1. The van der Waals surface area contributed by atoms with E-state index in [4.69, 9.17) is 5.11 Å². The summed E-state index contributed by atoms with van der Waals surface area (Å²) in [5, 5.41) is 8.57. The van der Waals surface area contributed by atoms with Gasteiger partial charge in [-0.15, -0.1) is 0 Å². The van der Waals surface area contributed by atoms with Gasteiger partial charge in [0, 0.05) is 18.5 Å². The number of rotatable bonds is 6. The van der Waals surface area contributed by atoms with Gasteiger partial charge in [-0.2, -0.15) is 0 Å². The zero-order valence-electron chi connectivity index (χ0n) is 7.95. The fraction of sp³-hybridized carbons (Fsp3) is 0.545. The summed E-state index contributed by atoms with van der Waals surface area (Å²) in [6.45, 7) is 0.323. The Morgan fingerprint density at radius 2 is 1.92 bits per heavy atom. The van der Waals surface area contributed by atoms with Crippen LogP contribution in [0.3, 0.4) is 0 Å². The average molecular weight is 179 g/mol. The van der Waals surface area contributed by atoms with Crippen molar-refractivity contribution in [1.29, 1.82) is 0 Å². The van der Waals surface area contributed by atoms with E-state index in [1.165, 1.54) is 18.5 Å². The van der Waals surface area contributed by atoms with Crippen molar-refractivity contribution in [2.75, 3.05) is 6.61 Å². The molecule has 0 radical (unpaired) electrons. The number of pyridine rings is 1. The molecule has 0 aliphatic rings. The summed E-state index contributed by atoms with van der Waals surface area (Å²) >= 11 is 0. The number of aryl methyl sites for hydroxylation is 1. The maximum absolute atomic E-state index is 8.57. The molecule has 0 saturated heterocycles. The minimum atomic E-state index is 0.323. The van der Waals surface area contributed by atoms with E-state index in [2.05, 4.69) is 11.1 Å². The first-order valence-electron chi connectivity index (χ1n) is 4.94. The summed E-state index contributed by atoms with van der Waals surface area (Å²) in [4.78, 5) is 4.25. The maximum atomic E-state index is 8.57. The van der Waals surface area contributed by atoms with Crippen molar-refractivity contribution in [3.05, 3.63) is 30.1 Å². The van der Waals surface area contributed by atoms with Crippen molar-refractivity contribution in [1.82, 2.24) is 4.98 Å². The number of aromatic nitrogens is 1. The van der Waals surface area contributed by atoms with E-state index >= 15 is 0 Å². The molecule has 1 aromatic rings. The molecule has 1 aromatic heterocycles. The normalized spacial score (nSPS) is 10.2. The van der Waals surface area contributed by atoms with E-state index in [9.17, 15) is 0 Å². The summed E-state index contributed by atoms with van der Waals surface area (Å²) < 4.78 is 0. The van der Waals surface area contributed by atoms with Crippen LogP contribution in [0.2, 0.25) is 0 Å². The Morgan fingerprint density at radius 1 is 1.08 bits per heavy atom. The van der Waals surface area contributed by atoms with Gasteiger partial charge in [0.2, 0.25) is 0 Å². The van der Waals surface area contributed by atoms with Crippen LogP contribution >= 0.6 is 0 Å². The fourth-order valence-electron chi connectivity index (χ4n) is 1.32. The quantitative estimate of drug-likeness (QED) is 0.679. The highest BCUT2D eigenvalue weighted by Crippen LogP contribution is 2.04. The molecule has 1 rings (SSSR count). The third kappa shape index (κ3) is 4.63. The van der Waals surface area contributed by atoms with Gasteiger partial charge in [-0.05, 0) is 31.4 Å². The molecule has 2 heteroatoms. The van der Waals surface area contributed by atoms with Crippen LogP contribution in [0.1, 0.15) is 31.4 Å². The van der Waals surface area contributed by atoms with Gasteiger partial charge in [0.25, 0.3) is 0 Å². The van der Waals surface area contributed by atoms with Crippen LogP contribution in [0.25, 0.3) is 0 Å². The topological polar surface area (TPSA) is 33.1 Å². The molecular weight excluding hydrogens is 162 g/mol. The minimum Gasteiger partial charge on any atom is -0.396 e. The highest BCUT2D eigenvalue weighted by molar-refractivity contribution is 5.03. The van der Waals surface area contributed by atoms with Crippen LogP contribution in [0.4, 0.5) is 0 Å². The van der Waals surface area contributed by atoms with Crippen molar-refractivity contribution in [2.24, 2.45) is 0 Å². The lowest BCUT2D eigenvalue weighted by molar-refractivity contribution is 0.282. The second kappa shape index (κ2) is 6.61. The highest BCUT2D eigenvalue weighted by atomic mass is 16.2. The first-order valence-corrected chi connectivity index (χ1v) is 4.94. The van der Waals surface area contributed by atoms with E-state index in [-0.39, 0.29) is 0 Å². The van der Waals surface area contributed by atoms with Crippen molar-refractivity contribution >= 4 is 0 Å². The van der Waals surface area contributed by atoms with Crippen LogP contribution in [-0.2, 0) is 6.42 Å². The molecule has 1 N–H and O–H groups in total. The maximum Gasteiger partial charge on any atom is 0.0431 e. The predicted octanol–water partition coefficient (Wildman–Crippen LogP) is 2.18. The molecular formula is C11H17NO. The summed E-state index contributed by atoms with van der Waals surface area (Å²) in [6.07, 6.45) is 7.33. The standard InChI is InChI=1S/C11H17NO/c13-10-6-2-1-3-7-11-8-4-5-9-12-11/h4-5,8-9,13H,1-3,6-7,10H2. The number of nitrogens with zero attached hydrogens (tertiary/aromatic N) is 1. The van der Waals surface area contributed by atoms with E-state index in [1.54, 1.807) is 0 Å². The molecule has 0 amide bonds.